The van der Waals surface area contributed by atoms with E-state index >= 15 is 0 Å². The van der Waals surface area contributed by atoms with Crippen molar-refractivity contribution in [2.75, 3.05) is 33.8 Å². The van der Waals surface area contributed by atoms with E-state index in [4.69, 9.17) is 18.9 Å². The van der Waals surface area contributed by atoms with Crippen molar-refractivity contribution in [2.45, 2.75) is 0 Å². The molecule has 0 bridgehead atoms. The fraction of sp³-hybridized carbons (Fsp3) is 0.148. The maximum absolute atomic E-state index is 12.4. The van der Waals surface area contributed by atoms with Gasteiger partial charge in [-0.05, 0) is 47.5 Å². The number of benzene rings is 3. The standard InChI is InChI=1S/C27H27NO5/c1-30-24-11-6-5-10-22(24)23(29)14-15-28-21-9-7-8-19(16-21)12-13-20-17-25(31-2)27(33-4)26(18-20)32-3/h5-18,28H,1-4H3/b13-12?,15-14-. The number of carbonyl (C=O) groups excluding carboxylic acids is 1. The van der Waals surface area contributed by atoms with Gasteiger partial charge in [0, 0.05) is 18.0 Å². The molecule has 0 aromatic heterocycles. The van der Waals surface area contributed by atoms with Crippen LogP contribution in [0.3, 0.4) is 0 Å². The van der Waals surface area contributed by atoms with Gasteiger partial charge in [-0.2, -0.15) is 0 Å². The third-order valence-electron chi connectivity index (χ3n) is 4.90. The molecule has 3 aromatic carbocycles. The van der Waals surface area contributed by atoms with E-state index in [2.05, 4.69) is 5.32 Å². The Morgan fingerprint density at radius 2 is 1.39 bits per heavy atom. The van der Waals surface area contributed by atoms with Crippen LogP contribution < -0.4 is 24.3 Å². The Hall–Kier alpha value is -4.19. The largest absolute Gasteiger partial charge is 0.496 e. The summed E-state index contributed by atoms with van der Waals surface area (Å²) in [6.07, 6.45) is 7.05. The van der Waals surface area contributed by atoms with E-state index in [1.54, 1.807) is 52.8 Å². The van der Waals surface area contributed by atoms with E-state index in [0.717, 1.165) is 16.8 Å². The SMILES string of the molecule is COc1ccccc1C(=O)/C=C\Nc1cccc(C=Cc2cc(OC)c(OC)c(OC)c2)c1. The third kappa shape index (κ3) is 5.95. The van der Waals surface area contributed by atoms with Crippen molar-refractivity contribution in [3.8, 4) is 23.0 Å². The van der Waals surface area contributed by atoms with Crippen LogP contribution in [0.25, 0.3) is 12.2 Å². The van der Waals surface area contributed by atoms with Crippen molar-refractivity contribution in [1.29, 1.82) is 0 Å². The summed E-state index contributed by atoms with van der Waals surface area (Å²) in [5.74, 6) is 2.15. The average molecular weight is 446 g/mol. The van der Waals surface area contributed by atoms with Crippen LogP contribution >= 0.6 is 0 Å². The molecule has 0 radical (unpaired) electrons. The van der Waals surface area contributed by atoms with Crippen molar-refractivity contribution in [3.63, 3.8) is 0 Å². The first-order valence-electron chi connectivity index (χ1n) is 10.3. The van der Waals surface area contributed by atoms with Crippen molar-refractivity contribution in [3.05, 3.63) is 89.6 Å². The number of methoxy groups -OCH3 is 4. The molecule has 0 saturated carbocycles. The minimum absolute atomic E-state index is 0.140. The van der Waals surface area contributed by atoms with Crippen molar-refractivity contribution >= 4 is 23.6 Å². The maximum Gasteiger partial charge on any atom is 0.203 e. The van der Waals surface area contributed by atoms with Gasteiger partial charge in [0.2, 0.25) is 5.75 Å². The monoisotopic (exact) mass is 445 g/mol. The summed E-state index contributed by atoms with van der Waals surface area (Å²) in [6.45, 7) is 0. The first-order valence-corrected chi connectivity index (χ1v) is 10.3. The van der Waals surface area contributed by atoms with Gasteiger partial charge in [-0.15, -0.1) is 0 Å². The van der Waals surface area contributed by atoms with Crippen LogP contribution in [0.1, 0.15) is 21.5 Å². The Balaban J connectivity index is 1.72. The summed E-state index contributed by atoms with van der Waals surface area (Å²) in [4.78, 5) is 12.4. The van der Waals surface area contributed by atoms with Gasteiger partial charge >= 0.3 is 0 Å². The van der Waals surface area contributed by atoms with Gasteiger partial charge in [-0.25, -0.2) is 0 Å². The van der Waals surface area contributed by atoms with Gasteiger partial charge in [0.15, 0.2) is 17.3 Å². The van der Waals surface area contributed by atoms with E-state index < -0.39 is 0 Å². The fourth-order valence-electron chi connectivity index (χ4n) is 3.27. The molecule has 0 amide bonds. The summed E-state index contributed by atoms with van der Waals surface area (Å²) >= 11 is 0. The third-order valence-corrected chi connectivity index (χ3v) is 4.90. The number of carbonyl (C=O) groups is 1. The normalized spacial score (nSPS) is 10.9. The molecule has 0 aliphatic rings. The van der Waals surface area contributed by atoms with Gasteiger partial charge in [-0.3, -0.25) is 4.79 Å². The Morgan fingerprint density at radius 3 is 2.06 bits per heavy atom. The summed E-state index contributed by atoms with van der Waals surface area (Å²) in [5.41, 5.74) is 3.26. The highest BCUT2D eigenvalue weighted by molar-refractivity contribution is 6.06. The van der Waals surface area contributed by atoms with Crippen LogP contribution in [-0.2, 0) is 0 Å². The molecule has 0 heterocycles. The number of rotatable bonds is 10. The molecular formula is C27H27NO5. The molecule has 0 atom stereocenters. The molecule has 0 aliphatic heterocycles. The smallest absolute Gasteiger partial charge is 0.203 e. The van der Waals surface area contributed by atoms with Gasteiger partial charge in [-0.1, -0.05) is 36.4 Å². The van der Waals surface area contributed by atoms with Gasteiger partial charge < -0.3 is 24.3 Å². The van der Waals surface area contributed by atoms with Crippen LogP contribution in [0.5, 0.6) is 23.0 Å². The number of ether oxygens (including phenoxy) is 4. The number of allylic oxidation sites excluding steroid dienone is 1. The second-order valence-electron chi connectivity index (χ2n) is 6.96. The number of anilines is 1. The zero-order valence-corrected chi connectivity index (χ0v) is 19.1. The van der Waals surface area contributed by atoms with Crippen LogP contribution in [0, 0.1) is 0 Å². The van der Waals surface area contributed by atoms with E-state index in [1.165, 1.54) is 6.08 Å². The summed E-state index contributed by atoms with van der Waals surface area (Å²) in [6, 6.07) is 18.7. The predicted molar refractivity (Wildman–Crippen MR) is 132 cm³/mol. The number of ketones is 1. The molecule has 0 aliphatic carbocycles. The minimum Gasteiger partial charge on any atom is -0.496 e. The number of hydrogen-bond acceptors (Lipinski definition) is 6. The first kappa shape index (κ1) is 23.5. The topological polar surface area (TPSA) is 66.0 Å². The van der Waals surface area contributed by atoms with Crippen molar-refractivity contribution in [2.24, 2.45) is 0 Å². The predicted octanol–water partition coefficient (Wildman–Crippen LogP) is 5.70. The highest BCUT2D eigenvalue weighted by Crippen LogP contribution is 2.38. The van der Waals surface area contributed by atoms with Crippen LogP contribution in [0.2, 0.25) is 0 Å². The quantitative estimate of drug-likeness (QED) is 0.245. The van der Waals surface area contributed by atoms with E-state index in [9.17, 15) is 4.79 Å². The molecule has 170 valence electrons. The van der Waals surface area contributed by atoms with Crippen molar-refractivity contribution in [1.82, 2.24) is 0 Å². The number of hydrogen-bond donors (Lipinski definition) is 1. The second-order valence-corrected chi connectivity index (χ2v) is 6.96. The lowest BCUT2D eigenvalue weighted by atomic mass is 10.1. The number of nitrogens with one attached hydrogen (secondary N) is 1. The van der Waals surface area contributed by atoms with E-state index in [-0.39, 0.29) is 5.78 Å². The number of para-hydroxylation sites is 1. The van der Waals surface area contributed by atoms with Crippen LogP contribution in [-0.4, -0.2) is 34.2 Å². The molecular weight excluding hydrogens is 418 g/mol. The summed E-state index contributed by atoms with van der Waals surface area (Å²) in [5, 5.41) is 3.14. The maximum atomic E-state index is 12.4. The molecule has 3 rings (SSSR count). The lowest BCUT2D eigenvalue weighted by molar-refractivity contribution is 0.104. The van der Waals surface area contributed by atoms with Gasteiger partial charge in [0.05, 0.1) is 34.0 Å². The zero-order valence-electron chi connectivity index (χ0n) is 19.1. The Bertz CT molecular complexity index is 1140. The second kappa shape index (κ2) is 11.4. The summed E-state index contributed by atoms with van der Waals surface area (Å²) < 4.78 is 21.4. The lowest BCUT2D eigenvalue weighted by Gasteiger charge is -2.12. The highest BCUT2D eigenvalue weighted by atomic mass is 16.5. The minimum atomic E-state index is -0.140. The van der Waals surface area contributed by atoms with Gasteiger partial charge in [0.25, 0.3) is 0 Å². The zero-order chi connectivity index (χ0) is 23.6. The molecule has 6 nitrogen and oxygen atoms in total. The molecule has 6 heteroatoms. The molecule has 3 aromatic rings. The Kier molecular flexibility index (Phi) is 8.13. The molecule has 0 fully saturated rings. The average Bonchev–Trinajstić information content (AvgIpc) is 2.86. The fourth-order valence-corrected chi connectivity index (χ4v) is 3.27. The molecule has 0 unspecified atom stereocenters. The lowest BCUT2D eigenvalue weighted by Crippen LogP contribution is -1.99. The summed E-state index contributed by atoms with van der Waals surface area (Å²) in [7, 11) is 6.30. The van der Waals surface area contributed by atoms with E-state index in [0.29, 0.717) is 28.6 Å². The Morgan fingerprint density at radius 1 is 0.727 bits per heavy atom. The van der Waals surface area contributed by atoms with Crippen LogP contribution in [0.4, 0.5) is 5.69 Å². The first-order chi connectivity index (χ1) is 16.1. The van der Waals surface area contributed by atoms with Gasteiger partial charge in [0.1, 0.15) is 5.75 Å². The molecule has 0 spiro atoms. The highest BCUT2D eigenvalue weighted by Gasteiger charge is 2.12. The van der Waals surface area contributed by atoms with Crippen molar-refractivity contribution < 1.29 is 23.7 Å². The molecule has 1 N–H and O–H groups in total. The Labute approximate surface area is 194 Å². The van der Waals surface area contributed by atoms with E-state index in [1.807, 2.05) is 54.6 Å². The molecule has 33 heavy (non-hydrogen) atoms. The van der Waals surface area contributed by atoms with Crippen LogP contribution in [0.15, 0.2) is 72.9 Å². The molecule has 0 saturated heterocycles.